The van der Waals surface area contributed by atoms with Gasteiger partial charge in [-0.25, -0.2) is 5.01 Å². The summed E-state index contributed by atoms with van der Waals surface area (Å²) in [6.45, 7) is 3.63. The van der Waals surface area contributed by atoms with Gasteiger partial charge in [-0.3, -0.25) is 4.79 Å². The highest BCUT2D eigenvalue weighted by atomic mass is 35.5. The average molecular weight is 411 g/mol. The molecule has 6 heteroatoms. The minimum Gasteiger partial charge on any atom is -0.370 e. The molecule has 5 rings (SSSR count). The second kappa shape index (κ2) is 7.90. The first-order chi connectivity index (χ1) is 14.2. The van der Waals surface area contributed by atoms with Gasteiger partial charge in [-0.15, -0.1) is 0 Å². The van der Waals surface area contributed by atoms with E-state index in [0.29, 0.717) is 24.8 Å². The zero-order valence-electron chi connectivity index (χ0n) is 16.3. The Kier molecular flexibility index (Phi) is 5.12. The average Bonchev–Trinajstić information content (AvgIpc) is 3.15. The largest absolute Gasteiger partial charge is 0.370 e. The number of amides is 1. The van der Waals surface area contributed by atoms with E-state index in [1.165, 1.54) is 16.0 Å². The first kappa shape index (κ1) is 18.8. The van der Waals surface area contributed by atoms with E-state index < -0.39 is 0 Å². The number of rotatable bonds is 3. The number of benzene rings is 2. The molecule has 2 atom stereocenters. The maximum Gasteiger partial charge on any atom is 0.298 e. The van der Waals surface area contributed by atoms with Gasteiger partial charge in [0.05, 0.1) is 25.0 Å². The second-order valence-electron chi connectivity index (χ2n) is 8.06. The van der Waals surface area contributed by atoms with Gasteiger partial charge in [0, 0.05) is 16.5 Å². The highest BCUT2D eigenvalue weighted by Gasteiger charge is 2.44. The number of carbonyl (C=O) groups is 1. The first-order valence-electron chi connectivity index (χ1n) is 10.4. The maximum absolute atomic E-state index is 13.4. The SMILES string of the molecule is O=C(C[NH+]1CCOCC1)N1N=C2c3ccccc3CC[C@@H]2[C@@H]1c1ccc(Cl)cc1. The molecule has 29 heavy (non-hydrogen) atoms. The van der Waals surface area contributed by atoms with Crippen LogP contribution in [0.3, 0.4) is 0 Å². The Morgan fingerprint density at radius 3 is 2.69 bits per heavy atom. The van der Waals surface area contributed by atoms with E-state index in [-0.39, 0.29) is 17.9 Å². The van der Waals surface area contributed by atoms with Gasteiger partial charge in [0.1, 0.15) is 13.1 Å². The molecule has 1 amide bonds. The van der Waals surface area contributed by atoms with Crippen LogP contribution in [0.15, 0.2) is 53.6 Å². The Balaban J connectivity index is 1.50. The number of hydrazone groups is 1. The smallest absolute Gasteiger partial charge is 0.298 e. The normalized spacial score (nSPS) is 24.0. The van der Waals surface area contributed by atoms with Gasteiger partial charge in [-0.1, -0.05) is 48.0 Å². The van der Waals surface area contributed by atoms with Crippen molar-refractivity contribution in [2.45, 2.75) is 18.9 Å². The highest BCUT2D eigenvalue weighted by Crippen LogP contribution is 2.43. The van der Waals surface area contributed by atoms with Crippen LogP contribution in [0, 0.1) is 5.92 Å². The molecule has 0 bridgehead atoms. The molecule has 2 aromatic rings. The number of morpholine rings is 1. The Labute approximate surface area is 175 Å². The molecule has 1 saturated heterocycles. The lowest BCUT2D eigenvalue weighted by Gasteiger charge is -2.30. The number of nitrogens with zero attached hydrogens (tertiary/aromatic N) is 2. The predicted octanol–water partition coefficient (Wildman–Crippen LogP) is 2.11. The monoisotopic (exact) mass is 410 g/mol. The van der Waals surface area contributed by atoms with E-state index in [1.54, 1.807) is 5.01 Å². The summed E-state index contributed by atoms with van der Waals surface area (Å²) in [7, 11) is 0. The van der Waals surface area contributed by atoms with Crippen molar-refractivity contribution in [1.82, 2.24) is 5.01 Å². The fraction of sp³-hybridized carbons (Fsp3) is 0.391. The van der Waals surface area contributed by atoms with Gasteiger partial charge in [0.2, 0.25) is 0 Å². The van der Waals surface area contributed by atoms with Crippen molar-refractivity contribution >= 4 is 23.2 Å². The number of aryl methyl sites for hydroxylation is 1. The topological polar surface area (TPSA) is 46.3 Å². The molecule has 1 N–H and O–H groups in total. The lowest BCUT2D eigenvalue weighted by atomic mass is 9.77. The molecular weight excluding hydrogens is 386 g/mol. The molecule has 3 aliphatic rings. The van der Waals surface area contributed by atoms with E-state index >= 15 is 0 Å². The van der Waals surface area contributed by atoms with E-state index in [1.807, 2.05) is 24.3 Å². The molecule has 0 radical (unpaired) electrons. The quantitative estimate of drug-likeness (QED) is 0.842. The number of carbonyl (C=O) groups excluding carboxylic acids is 1. The number of hydrogen-bond acceptors (Lipinski definition) is 3. The highest BCUT2D eigenvalue weighted by molar-refractivity contribution is 6.30. The summed E-state index contributed by atoms with van der Waals surface area (Å²) >= 11 is 6.13. The van der Waals surface area contributed by atoms with Crippen molar-refractivity contribution in [2.24, 2.45) is 11.0 Å². The van der Waals surface area contributed by atoms with Crippen molar-refractivity contribution in [3.8, 4) is 0 Å². The third kappa shape index (κ3) is 3.59. The van der Waals surface area contributed by atoms with E-state index in [9.17, 15) is 4.79 Å². The summed E-state index contributed by atoms with van der Waals surface area (Å²) < 4.78 is 5.44. The molecule has 2 heterocycles. The number of fused-ring (bicyclic) bond motifs is 3. The first-order valence-corrected chi connectivity index (χ1v) is 10.7. The molecule has 0 spiro atoms. The number of nitrogens with one attached hydrogen (secondary N) is 1. The Bertz CT molecular complexity index is 937. The number of ether oxygens (including phenoxy) is 1. The molecule has 2 aromatic carbocycles. The van der Waals surface area contributed by atoms with Crippen molar-refractivity contribution in [1.29, 1.82) is 0 Å². The zero-order chi connectivity index (χ0) is 19.8. The summed E-state index contributed by atoms with van der Waals surface area (Å²) in [5.41, 5.74) is 4.67. The molecule has 150 valence electrons. The molecule has 0 aromatic heterocycles. The lowest BCUT2D eigenvalue weighted by Crippen LogP contribution is -3.15. The molecule has 2 aliphatic heterocycles. The Morgan fingerprint density at radius 1 is 1.14 bits per heavy atom. The molecular formula is C23H25ClN3O2+. The fourth-order valence-corrected chi connectivity index (χ4v) is 4.92. The Hall–Kier alpha value is -2.21. The van der Waals surface area contributed by atoms with Gasteiger partial charge < -0.3 is 9.64 Å². The van der Waals surface area contributed by atoms with Crippen LogP contribution in [0.1, 0.15) is 29.2 Å². The van der Waals surface area contributed by atoms with E-state index in [4.69, 9.17) is 21.4 Å². The maximum atomic E-state index is 13.4. The number of halogens is 1. The van der Waals surface area contributed by atoms with Gasteiger partial charge >= 0.3 is 0 Å². The van der Waals surface area contributed by atoms with Crippen LogP contribution >= 0.6 is 11.6 Å². The molecule has 0 saturated carbocycles. The van der Waals surface area contributed by atoms with Crippen LogP contribution in [0.5, 0.6) is 0 Å². The third-order valence-corrected chi connectivity index (χ3v) is 6.55. The molecule has 0 unspecified atom stereocenters. The second-order valence-corrected chi connectivity index (χ2v) is 8.50. The van der Waals surface area contributed by atoms with Crippen molar-refractivity contribution in [2.75, 3.05) is 32.8 Å². The summed E-state index contributed by atoms with van der Waals surface area (Å²) in [5.74, 6) is 0.302. The number of hydrogen-bond donors (Lipinski definition) is 1. The van der Waals surface area contributed by atoms with Gasteiger partial charge in [-0.2, -0.15) is 5.10 Å². The Morgan fingerprint density at radius 2 is 1.90 bits per heavy atom. The van der Waals surface area contributed by atoms with Crippen LogP contribution < -0.4 is 4.90 Å². The summed E-state index contributed by atoms with van der Waals surface area (Å²) in [4.78, 5) is 14.6. The standard InChI is InChI=1S/C23H24ClN3O2/c24-18-8-5-17(6-9-18)23-20-10-7-16-3-1-2-4-19(16)22(20)25-27(23)21(28)15-26-11-13-29-14-12-26/h1-6,8-9,20,23H,7,10-15H2/p+1/t20-,23-/m0/s1. The van der Waals surface area contributed by atoms with Crippen LogP contribution in [0.2, 0.25) is 5.02 Å². The van der Waals surface area contributed by atoms with Crippen molar-refractivity contribution < 1.29 is 14.4 Å². The third-order valence-electron chi connectivity index (χ3n) is 6.30. The van der Waals surface area contributed by atoms with E-state index in [0.717, 1.165) is 37.2 Å². The van der Waals surface area contributed by atoms with Crippen LogP contribution in [-0.4, -0.2) is 49.5 Å². The number of quaternary nitrogens is 1. The van der Waals surface area contributed by atoms with Gasteiger partial charge in [-0.05, 0) is 36.1 Å². The molecule has 1 fully saturated rings. The molecule has 1 aliphatic carbocycles. The van der Waals surface area contributed by atoms with Crippen LogP contribution in [0.25, 0.3) is 0 Å². The van der Waals surface area contributed by atoms with Gasteiger partial charge in [0.15, 0.2) is 6.54 Å². The summed E-state index contributed by atoms with van der Waals surface area (Å²) in [5, 5.41) is 7.38. The molecule has 5 nitrogen and oxygen atoms in total. The minimum atomic E-state index is -0.0661. The van der Waals surface area contributed by atoms with Crippen molar-refractivity contribution in [3.05, 3.63) is 70.2 Å². The lowest BCUT2D eigenvalue weighted by molar-refractivity contribution is -0.900. The van der Waals surface area contributed by atoms with Crippen LogP contribution in [-0.2, 0) is 16.0 Å². The van der Waals surface area contributed by atoms with Gasteiger partial charge in [0.25, 0.3) is 5.91 Å². The summed E-state index contributed by atoms with van der Waals surface area (Å²) in [6.07, 6.45) is 2.01. The van der Waals surface area contributed by atoms with E-state index in [2.05, 4.69) is 24.3 Å². The fourth-order valence-electron chi connectivity index (χ4n) is 4.80. The van der Waals surface area contributed by atoms with Crippen molar-refractivity contribution in [3.63, 3.8) is 0 Å². The summed E-state index contributed by atoms with van der Waals surface area (Å²) in [6, 6.07) is 16.3. The zero-order valence-corrected chi connectivity index (χ0v) is 17.1. The van der Waals surface area contributed by atoms with Crippen LogP contribution in [0.4, 0.5) is 0 Å². The predicted molar refractivity (Wildman–Crippen MR) is 112 cm³/mol. The minimum absolute atomic E-state index is 0.0661.